The molecule has 1 unspecified atom stereocenters. The highest BCUT2D eigenvalue weighted by atomic mass is 16.5. The van der Waals surface area contributed by atoms with Crippen LogP contribution in [0.4, 0.5) is 0 Å². The van der Waals surface area contributed by atoms with Crippen molar-refractivity contribution in [2.45, 2.75) is 32.2 Å². The maximum Gasteiger partial charge on any atom is 0.119 e. The molecule has 0 fully saturated rings. The summed E-state index contributed by atoms with van der Waals surface area (Å²) < 4.78 is 5.25. The van der Waals surface area contributed by atoms with E-state index in [1.807, 2.05) is 0 Å². The van der Waals surface area contributed by atoms with E-state index in [1.165, 1.54) is 24.0 Å². The lowest BCUT2D eigenvalue weighted by molar-refractivity contribution is 0.412. The molecule has 0 spiro atoms. The minimum Gasteiger partial charge on any atom is -0.497 e. The van der Waals surface area contributed by atoms with Crippen molar-refractivity contribution in [3.63, 3.8) is 0 Å². The summed E-state index contributed by atoms with van der Waals surface area (Å²) >= 11 is 0. The van der Waals surface area contributed by atoms with Crippen molar-refractivity contribution in [3.05, 3.63) is 29.3 Å². The molecule has 15 heavy (non-hydrogen) atoms. The zero-order chi connectivity index (χ0) is 10.7. The maximum absolute atomic E-state index is 5.25. The minimum atomic E-state index is 0.685. The first-order chi connectivity index (χ1) is 7.35. The van der Waals surface area contributed by atoms with Crippen molar-refractivity contribution in [1.29, 1.82) is 0 Å². The summed E-state index contributed by atoms with van der Waals surface area (Å²) in [6.45, 7) is 4.34. The van der Waals surface area contributed by atoms with Crippen LogP contribution in [0, 0.1) is 0 Å². The number of hydrogen-bond donors (Lipinski definition) is 1. The molecule has 0 saturated carbocycles. The van der Waals surface area contributed by atoms with Gasteiger partial charge in [0.15, 0.2) is 0 Å². The molecule has 0 aliphatic carbocycles. The maximum atomic E-state index is 5.25. The van der Waals surface area contributed by atoms with Gasteiger partial charge in [-0.3, -0.25) is 0 Å². The minimum absolute atomic E-state index is 0.685. The van der Waals surface area contributed by atoms with Crippen LogP contribution < -0.4 is 10.1 Å². The molecule has 1 heterocycles. The van der Waals surface area contributed by atoms with Crippen LogP contribution in [0.2, 0.25) is 0 Å². The molecule has 2 heteroatoms. The summed E-state index contributed by atoms with van der Waals surface area (Å²) in [5, 5.41) is 3.47. The van der Waals surface area contributed by atoms with Crippen LogP contribution in [-0.4, -0.2) is 13.7 Å². The molecule has 1 aromatic rings. The number of benzene rings is 1. The van der Waals surface area contributed by atoms with E-state index in [4.69, 9.17) is 4.74 Å². The van der Waals surface area contributed by atoms with Crippen molar-refractivity contribution in [3.8, 4) is 5.75 Å². The number of ether oxygens (including phenoxy) is 1. The van der Waals surface area contributed by atoms with Gasteiger partial charge in [-0.15, -0.1) is 0 Å². The van der Waals surface area contributed by atoms with Crippen LogP contribution in [0.25, 0.3) is 0 Å². The molecule has 1 aliphatic heterocycles. The topological polar surface area (TPSA) is 21.3 Å². The lowest BCUT2D eigenvalue weighted by Gasteiger charge is -2.26. The highest BCUT2D eigenvalue weighted by Crippen LogP contribution is 2.30. The van der Waals surface area contributed by atoms with E-state index in [2.05, 4.69) is 30.4 Å². The van der Waals surface area contributed by atoms with Crippen molar-refractivity contribution in [2.24, 2.45) is 0 Å². The summed E-state index contributed by atoms with van der Waals surface area (Å²) in [7, 11) is 1.72. The summed E-state index contributed by atoms with van der Waals surface area (Å²) in [4.78, 5) is 0. The Labute approximate surface area is 91.6 Å². The Balaban J connectivity index is 2.28. The van der Waals surface area contributed by atoms with Gasteiger partial charge in [-0.1, -0.05) is 19.4 Å². The van der Waals surface area contributed by atoms with Gasteiger partial charge in [0, 0.05) is 13.1 Å². The standard InChI is InChI=1S/C13H19NO/c1-3-4-10-8-14-9-11-7-12(15-2)5-6-13(10)11/h5-7,10,14H,3-4,8-9H2,1-2H3. The summed E-state index contributed by atoms with van der Waals surface area (Å²) in [6, 6.07) is 6.46. The first-order valence-electron chi connectivity index (χ1n) is 5.72. The Hall–Kier alpha value is -1.02. The second-order valence-corrected chi connectivity index (χ2v) is 4.18. The molecule has 1 N–H and O–H groups in total. The monoisotopic (exact) mass is 205 g/mol. The van der Waals surface area contributed by atoms with Gasteiger partial charge in [-0.05, 0) is 35.6 Å². The lowest BCUT2D eigenvalue weighted by Crippen LogP contribution is -2.28. The fourth-order valence-electron chi connectivity index (χ4n) is 2.36. The van der Waals surface area contributed by atoms with Gasteiger partial charge in [-0.25, -0.2) is 0 Å². The Morgan fingerprint density at radius 1 is 1.47 bits per heavy atom. The van der Waals surface area contributed by atoms with Crippen molar-refractivity contribution in [2.75, 3.05) is 13.7 Å². The van der Waals surface area contributed by atoms with Crippen molar-refractivity contribution in [1.82, 2.24) is 5.32 Å². The van der Waals surface area contributed by atoms with Gasteiger partial charge >= 0.3 is 0 Å². The molecule has 82 valence electrons. The molecule has 0 radical (unpaired) electrons. The number of rotatable bonds is 3. The van der Waals surface area contributed by atoms with Crippen molar-refractivity contribution >= 4 is 0 Å². The van der Waals surface area contributed by atoms with Crippen LogP contribution in [0.1, 0.15) is 36.8 Å². The second-order valence-electron chi connectivity index (χ2n) is 4.18. The van der Waals surface area contributed by atoms with Gasteiger partial charge < -0.3 is 10.1 Å². The van der Waals surface area contributed by atoms with Gasteiger partial charge in [0.25, 0.3) is 0 Å². The van der Waals surface area contributed by atoms with E-state index in [1.54, 1.807) is 7.11 Å². The predicted octanol–water partition coefficient (Wildman–Crippen LogP) is 2.68. The van der Waals surface area contributed by atoms with Gasteiger partial charge in [0.05, 0.1) is 7.11 Å². The van der Waals surface area contributed by atoms with E-state index in [-0.39, 0.29) is 0 Å². The zero-order valence-corrected chi connectivity index (χ0v) is 9.55. The predicted molar refractivity (Wildman–Crippen MR) is 62.3 cm³/mol. The number of methoxy groups -OCH3 is 1. The molecule has 2 nitrogen and oxygen atoms in total. The molecular formula is C13H19NO. The molecule has 1 aliphatic rings. The highest BCUT2D eigenvalue weighted by Gasteiger charge is 2.19. The third-order valence-electron chi connectivity index (χ3n) is 3.13. The Kier molecular flexibility index (Phi) is 3.27. The number of fused-ring (bicyclic) bond motifs is 1. The largest absolute Gasteiger partial charge is 0.497 e. The summed E-state index contributed by atoms with van der Waals surface area (Å²) in [5.74, 6) is 1.65. The average molecular weight is 205 g/mol. The van der Waals surface area contributed by atoms with Crippen LogP contribution in [0.5, 0.6) is 5.75 Å². The Morgan fingerprint density at radius 3 is 3.07 bits per heavy atom. The molecule has 1 atom stereocenters. The fourth-order valence-corrected chi connectivity index (χ4v) is 2.36. The van der Waals surface area contributed by atoms with Crippen LogP contribution >= 0.6 is 0 Å². The van der Waals surface area contributed by atoms with E-state index < -0.39 is 0 Å². The van der Waals surface area contributed by atoms with Crippen LogP contribution in [0.15, 0.2) is 18.2 Å². The summed E-state index contributed by atoms with van der Waals surface area (Å²) in [6.07, 6.45) is 2.52. The SMILES string of the molecule is CCCC1CNCc2cc(OC)ccc21. The molecule has 2 rings (SSSR count). The van der Waals surface area contributed by atoms with Gasteiger partial charge in [0.1, 0.15) is 5.75 Å². The first kappa shape index (κ1) is 10.5. The fraction of sp³-hybridized carbons (Fsp3) is 0.538. The average Bonchev–Trinajstić information content (AvgIpc) is 2.29. The number of nitrogens with one attached hydrogen (secondary N) is 1. The van der Waals surface area contributed by atoms with Crippen LogP contribution in [0.3, 0.4) is 0 Å². The quantitative estimate of drug-likeness (QED) is 0.819. The number of hydrogen-bond acceptors (Lipinski definition) is 2. The lowest BCUT2D eigenvalue weighted by atomic mass is 9.88. The Bertz CT molecular complexity index is 335. The van der Waals surface area contributed by atoms with Crippen LogP contribution in [-0.2, 0) is 6.54 Å². The third-order valence-corrected chi connectivity index (χ3v) is 3.13. The zero-order valence-electron chi connectivity index (χ0n) is 9.55. The van der Waals surface area contributed by atoms with E-state index in [0.29, 0.717) is 5.92 Å². The van der Waals surface area contributed by atoms with Crippen molar-refractivity contribution < 1.29 is 4.74 Å². The third kappa shape index (κ3) is 2.15. The smallest absolute Gasteiger partial charge is 0.119 e. The normalized spacial score (nSPS) is 19.7. The van der Waals surface area contributed by atoms with Gasteiger partial charge in [-0.2, -0.15) is 0 Å². The second kappa shape index (κ2) is 4.67. The van der Waals surface area contributed by atoms with E-state index in [9.17, 15) is 0 Å². The van der Waals surface area contributed by atoms with E-state index >= 15 is 0 Å². The molecule has 0 aromatic heterocycles. The molecule has 1 aromatic carbocycles. The van der Waals surface area contributed by atoms with Gasteiger partial charge in [0.2, 0.25) is 0 Å². The van der Waals surface area contributed by atoms with E-state index in [0.717, 1.165) is 18.8 Å². The highest BCUT2D eigenvalue weighted by molar-refractivity contribution is 5.39. The molecule has 0 saturated heterocycles. The Morgan fingerprint density at radius 2 is 2.33 bits per heavy atom. The molecule has 0 amide bonds. The molecule has 0 bridgehead atoms. The summed E-state index contributed by atoms with van der Waals surface area (Å²) in [5.41, 5.74) is 2.91. The molecular weight excluding hydrogens is 186 g/mol. The first-order valence-corrected chi connectivity index (χ1v) is 5.72.